The number of aromatic nitrogens is 2. The number of rotatable bonds is 6. The number of nitrogens with two attached hydrogens (primary N) is 1. The van der Waals surface area contributed by atoms with Gasteiger partial charge in [-0.2, -0.15) is 0 Å². The van der Waals surface area contributed by atoms with Crippen molar-refractivity contribution in [2.75, 3.05) is 7.05 Å². The standard InChI is InChI=1S/C25H30N4O4/c1-16-11-12-19-22(18(16)13-21(31)27(5)23(26)32)29(15-20(30)25(2,3)4)24(33)28(19)14-17-9-7-6-8-10-17/h6-12H,13-15H2,1-5H3,(H2,26,32). The number of primary amides is 1. The van der Waals surface area contributed by atoms with Crippen LogP contribution in [-0.4, -0.2) is 38.8 Å². The van der Waals surface area contributed by atoms with E-state index in [1.807, 2.05) is 49.4 Å². The smallest absolute Gasteiger partial charge is 0.329 e. The van der Waals surface area contributed by atoms with Crippen LogP contribution in [-0.2, 0) is 29.1 Å². The molecule has 3 amide bonds. The summed E-state index contributed by atoms with van der Waals surface area (Å²) >= 11 is 0. The van der Waals surface area contributed by atoms with Gasteiger partial charge >= 0.3 is 11.7 Å². The van der Waals surface area contributed by atoms with Gasteiger partial charge in [-0.15, -0.1) is 0 Å². The lowest BCUT2D eigenvalue weighted by Crippen LogP contribution is -2.38. The maximum absolute atomic E-state index is 13.6. The van der Waals surface area contributed by atoms with Gasteiger partial charge in [-0.1, -0.05) is 57.2 Å². The second kappa shape index (κ2) is 9.05. The number of fused-ring (bicyclic) bond motifs is 1. The Labute approximate surface area is 192 Å². The number of ketones is 1. The van der Waals surface area contributed by atoms with Gasteiger partial charge in [0, 0.05) is 12.5 Å². The molecule has 1 aromatic heterocycles. The lowest BCUT2D eigenvalue weighted by atomic mass is 9.91. The van der Waals surface area contributed by atoms with E-state index in [9.17, 15) is 19.2 Å². The lowest BCUT2D eigenvalue weighted by Gasteiger charge is -2.18. The van der Waals surface area contributed by atoms with Crippen LogP contribution < -0.4 is 11.4 Å². The van der Waals surface area contributed by atoms with E-state index in [0.29, 0.717) is 23.1 Å². The summed E-state index contributed by atoms with van der Waals surface area (Å²) < 4.78 is 3.07. The molecule has 0 saturated heterocycles. The number of imide groups is 1. The average molecular weight is 451 g/mol. The Morgan fingerprint density at radius 1 is 1.00 bits per heavy atom. The van der Waals surface area contributed by atoms with Crippen molar-refractivity contribution in [1.82, 2.24) is 14.0 Å². The van der Waals surface area contributed by atoms with Crippen molar-refractivity contribution in [1.29, 1.82) is 0 Å². The highest BCUT2D eigenvalue weighted by Gasteiger charge is 2.27. The molecule has 0 fully saturated rings. The Kier molecular flexibility index (Phi) is 6.58. The Hall–Kier alpha value is -3.68. The van der Waals surface area contributed by atoms with E-state index in [0.717, 1.165) is 16.0 Å². The van der Waals surface area contributed by atoms with Crippen LogP contribution in [0.15, 0.2) is 47.3 Å². The number of Topliss-reactive ketones (excluding diaryl/α,β-unsaturated/α-hetero) is 1. The molecule has 0 saturated carbocycles. The highest BCUT2D eigenvalue weighted by Crippen LogP contribution is 2.25. The molecule has 0 radical (unpaired) electrons. The molecule has 3 rings (SSSR count). The highest BCUT2D eigenvalue weighted by atomic mass is 16.2. The SMILES string of the molecule is Cc1ccc2c(c1CC(=O)N(C)C(N)=O)n(CC(=O)C(C)(C)C)c(=O)n2Cc1ccccc1. The number of hydrogen-bond donors (Lipinski definition) is 1. The first kappa shape index (κ1) is 24.0. The maximum Gasteiger partial charge on any atom is 0.329 e. The van der Waals surface area contributed by atoms with Crippen LogP contribution in [0.5, 0.6) is 0 Å². The van der Waals surface area contributed by atoms with E-state index in [1.165, 1.54) is 11.6 Å². The zero-order chi connectivity index (χ0) is 24.5. The maximum atomic E-state index is 13.6. The first-order valence-corrected chi connectivity index (χ1v) is 10.8. The number of imidazole rings is 1. The molecule has 0 bridgehead atoms. The van der Waals surface area contributed by atoms with E-state index < -0.39 is 17.4 Å². The van der Waals surface area contributed by atoms with Crippen molar-refractivity contribution < 1.29 is 14.4 Å². The van der Waals surface area contributed by atoms with E-state index in [-0.39, 0.29) is 24.4 Å². The average Bonchev–Trinajstić information content (AvgIpc) is 3.00. The summed E-state index contributed by atoms with van der Waals surface area (Å²) in [5.74, 6) is -0.591. The number of amides is 3. The van der Waals surface area contributed by atoms with Gasteiger partial charge in [0.2, 0.25) is 5.91 Å². The molecule has 8 nitrogen and oxygen atoms in total. The van der Waals surface area contributed by atoms with Crippen LogP contribution >= 0.6 is 0 Å². The molecule has 0 aliphatic carbocycles. The van der Waals surface area contributed by atoms with Crippen LogP contribution in [0.2, 0.25) is 0 Å². The van der Waals surface area contributed by atoms with Crippen LogP contribution in [0.1, 0.15) is 37.5 Å². The van der Waals surface area contributed by atoms with Crippen molar-refractivity contribution in [3.63, 3.8) is 0 Å². The Balaban J connectivity index is 2.24. The Morgan fingerprint density at radius 3 is 2.21 bits per heavy atom. The number of benzene rings is 2. The molecule has 1 heterocycles. The van der Waals surface area contributed by atoms with Crippen LogP contribution in [0.4, 0.5) is 4.79 Å². The fraction of sp³-hybridized carbons (Fsp3) is 0.360. The quantitative estimate of drug-likeness (QED) is 0.623. The largest absolute Gasteiger partial charge is 0.351 e. The molecule has 2 N–H and O–H groups in total. The normalized spacial score (nSPS) is 11.5. The number of aryl methyl sites for hydroxylation is 1. The number of carbonyl (C=O) groups excluding carboxylic acids is 3. The number of nitrogens with zero attached hydrogens (tertiary/aromatic N) is 3. The summed E-state index contributed by atoms with van der Waals surface area (Å²) in [7, 11) is 1.32. The van der Waals surface area contributed by atoms with Crippen molar-refractivity contribution in [2.24, 2.45) is 11.1 Å². The van der Waals surface area contributed by atoms with Gasteiger partial charge in [0.25, 0.3) is 0 Å². The van der Waals surface area contributed by atoms with Gasteiger partial charge in [-0.25, -0.2) is 9.59 Å². The third-order valence-electron chi connectivity index (χ3n) is 5.87. The summed E-state index contributed by atoms with van der Waals surface area (Å²) in [6, 6.07) is 12.4. The molecule has 8 heteroatoms. The third-order valence-corrected chi connectivity index (χ3v) is 5.87. The van der Waals surface area contributed by atoms with Gasteiger partial charge in [-0.05, 0) is 29.7 Å². The summed E-state index contributed by atoms with van der Waals surface area (Å²) in [6.45, 7) is 7.46. The minimum Gasteiger partial charge on any atom is -0.351 e. The zero-order valence-corrected chi connectivity index (χ0v) is 19.7. The molecule has 0 aliphatic rings. The van der Waals surface area contributed by atoms with E-state index in [1.54, 1.807) is 25.3 Å². The van der Waals surface area contributed by atoms with Crippen molar-refractivity contribution in [2.45, 2.75) is 47.2 Å². The minimum atomic E-state index is -0.855. The molecule has 3 aromatic rings. The van der Waals surface area contributed by atoms with Gasteiger partial charge < -0.3 is 5.73 Å². The van der Waals surface area contributed by atoms with E-state index in [4.69, 9.17) is 5.73 Å². The molecule has 0 unspecified atom stereocenters. The molecule has 2 aromatic carbocycles. The minimum absolute atomic E-state index is 0.101. The van der Waals surface area contributed by atoms with E-state index >= 15 is 0 Å². The zero-order valence-electron chi connectivity index (χ0n) is 19.7. The summed E-state index contributed by atoms with van der Waals surface area (Å²) in [5.41, 5.74) is 7.76. The fourth-order valence-corrected chi connectivity index (χ4v) is 3.65. The van der Waals surface area contributed by atoms with Crippen LogP contribution in [0.25, 0.3) is 11.0 Å². The first-order valence-electron chi connectivity index (χ1n) is 10.8. The molecule has 33 heavy (non-hydrogen) atoms. The number of urea groups is 1. The third kappa shape index (κ3) is 4.89. The molecule has 174 valence electrons. The first-order chi connectivity index (χ1) is 15.4. The van der Waals surface area contributed by atoms with Crippen molar-refractivity contribution in [3.05, 3.63) is 69.6 Å². The Bertz CT molecular complexity index is 1280. The number of carbonyl (C=O) groups is 3. The molecular formula is C25H30N4O4. The lowest BCUT2D eigenvalue weighted by molar-refractivity contribution is -0.127. The fourth-order valence-electron chi connectivity index (χ4n) is 3.65. The van der Waals surface area contributed by atoms with Crippen molar-refractivity contribution >= 4 is 28.8 Å². The van der Waals surface area contributed by atoms with E-state index in [2.05, 4.69) is 0 Å². The predicted molar refractivity (Wildman–Crippen MR) is 127 cm³/mol. The molecule has 0 atom stereocenters. The predicted octanol–water partition coefficient (Wildman–Crippen LogP) is 2.85. The second-order valence-electron chi connectivity index (χ2n) is 9.31. The topological polar surface area (TPSA) is 107 Å². The van der Waals surface area contributed by atoms with Gasteiger partial charge in [0.05, 0.1) is 30.5 Å². The number of likely N-dealkylation sites (N-methyl/N-ethyl adjacent to an activating group) is 1. The van der Waals surface area contributed by atoms with Gasteiger partial charge in [0.15, 0.2) is 5.78 Å². The van der Waals surface area contributed by atoms with Crippen molar-refractivity contribution in [3.8, 4) is 0 Å². The summed E-state index contributed by atoms with van der Waals surface area (Å²) in [6.07, 6.45) is -0.124. The summed E-state index contributed by atoms with van der Waals surface area (Å²) in [4.78, 5) is 51.5. The van der Waals surface area contributed by atoms with Crippen LogP contribution in [0.3, 0.4) is 0 Å². The number of hydrogen-bond acceptors (Lipinski definition) is 4. The van der Waals surface area contributed by atoms with Crippen LogP contribution in [0, 0.1) is 12.3 Å². The molecule has 0 spiro atoms. The highest BCUT2D eigenvalue weighted by molar-refractivity contribution is 5.96. The van der Waals surface area contributed by atoms with Gasteiger partial charge in [0.1, 0.15) is 0 Å². The van der Waals surface area contributed by atoms with Gasteiger partial charge in [-0.3, -0.25) is 23.6 Å². The Morgan fingerprint density at radius 2 is 1.64 bits per heavy atom. The second-order valence-corrected chi connectivity index (χ2v) is 9.31. The summed E-state index contributed by atoms with van der Waals surface area (Å²) in [5, 5.41) is 0. The monoisotopic (exact) mass is 450 g/mol. The molecular weight excluding hydrogens is 420 g/mol. The molecule has 0 aliphatic heterocycles.